The van der Waals surface area contributed by atoms with E-state index in [0.29, 0.717) is 17.2 Å². The van der Waals surface area contributed by atoms with Crippen molar-refractivity contribution in [2.45, 2.75) is 20.3 Å². The summed E-state index contributed by atoms with van der Waals surface area (Å²) >= 11 is 0.945. The third-order valence-corrected chi connectivity index (χ3v) is 3.67. The van der Waals surface area contributed by atoms with Crippen LogP contribution in [0.3, 0.4) is 0 Å². The molecule has 1 heterocycles. The molecule has 0 aromatic heterocycles. The van der Waals surface area contributed by atoms with Gasteiger partial charge < -0.3 is 4.74 Å². The van der Waals surface area contributed by atoms with Crippen LogP contribution in [-0.4, -0.2) is 28.6 Å². The van der Waals surface area contributed by atoms with Gasteiger partial charge in [0.25, 0.3) is 11.1 Å². The number of amides is 2. The minimum Gasteiger partial charge on any atom is -0.427 e. The van der Waals surface area contributed by atoms with E-state index in [-0.39, 0.29) is 17.1 Å². The number of carbonyl (C=O) groups excluding carboxylic acids is 3. The Bertz CT molecular complexity index is 607. The van der Waals surface area contributed by atoms with E-state index in [4.69, 9.17) is 4.74 Å². The molecule has 1 aromatic carbocycles. The summed E-state index contributed by atoms with van der Waals surface area (Å²) in [7, 11) is 0. The van der Waals surface area contributed by atoms with Crippen LogP contribution in [0.4, 0.5) is 4.79 Å². The minimum absolute atomic E-state index is 0.232. The smallest absolute Gasteiger partial charge is 0.308 e. The fourth-order valence-corrected chi connectivity index (χ4v) is 2.73. The Morgan fingerprint density at radius 2 is 1.95 bits per heavy atom. The van der Waals surface area contributed by atoms with Crippen molar-refractivity contribution in [3.8, 4) is 5.75 Å². The van der Waals surface area contributed by atoms with Crippen LogP contribution in [0.25, 0.3) is 6.08 Å². The zero-order valence-corrected chi connectivity index (χ0v) is 12.6. The van der Waals surface area contributed by atoms with Crippen molar-refractivity contribution in [1.29, 1.82) is 0 Å². The molecule has 2 rings (SSSR count). The van der Waals surface area contributed by atoms with Crippen LogP contribution in [0, 0.1) is 0 Å². The lowest BCUT2D eigenvalue weighted by atomic mass is 10.2. The van der Waals surface area contributed by atoms with Gasteiger partial charge in [-0.1, -0.05) is 19.1 Å². The van der Waals surface area contributed by atoms with Gasteiger partial charge >= 0.3 is 5.97 Å². The molecule has 1 aliphatic rings. The Balaban J connectivity index is 2.15. The molecule has 21 heavy (non-hydrogen) atoms. The highest BCUT2D eigenvalue weighted by atomic mass is 32.2. The second-order valence-corrected chi connectivity index (χ2v) is 5.49. The summed E-state index contributed by atoms with van der Waals surface area (Å²) in [6.45, 7) is 3.69. The van der Waals surface area contributed by atoms with Crippen LogP contribution in [0.2, 0.25) is 0 Å². The molecule has 0 radical (unpaired) electrons. The molecule has 0 bridgehead atoms. The van der Waals surface area contributed by atoms with Crippen molar-refractivity contribution in [3.63, 3.8) is 0 Å². The average molecular weight is 305 g/mol. The maximum absolute atomic E-state index is 12.1. The van der Waals surface area contributed by atoms with E-state index in [0.717, 1.165) is 23.7 Å². The zero-order chi connectivity index (χ0) is 15.4. The van der Waals surface area contributed by atoms with Crippen molar-refractivity contribution in [3.05, 3.63) is 34.7 Å². The fourth-order valence-electron chi connectivity index (χ4n) is 1.87. The number of carbonyl (C=O) groups is 3. The molecular formula is C15H15NO4S. The van der Waals surface area contributed by atoms with Crippen molar-refractivity contribution < 1.29 is 19.1 Å². The van der Waals surface area contributed by atoms with Crippen LogP contribution in [-0.2, 0) is 9.59 Å². The third kappa shape index (κ3) is 3.72. The molecular weight excluding hydrogens is 290 g/mol. The normalized spacial score (nSPS) is 16.7. The average Bonchev–Trinajstić information content (AvgIpc) is 2.69. The third-order valence-electron chi connectivity index (χ3n) is 2.76. The van der Waals surface area contributed by atoms with Gasteiger partial charge in [-0.15, -0.1) is 0 Å². The number of thioether (sulfide) groups is 1. The first kappa shape index (κ1) is 15.3. The molecule has 0 unspecified atom stereocenters. The minimum atomic E-state index is -0.386. The molecule has 0 aliphatic carbocycles. The van der Waals surface area contributed by atoms with Gasteiger partial charge in [-0.2, -0.15) is 0 Å². The van der Waals surface area contributed by atoms with Crippen LogP contribution >= 0.6 is 11.8 Å². The summed E-state index contributed by atoms with van der Waals surface area (Å²) in [6.07, 6.45) is 2.40. The van der Waals surface area contributed by atoms with Gasteiger partial charge in [0.2, 0.25) is 0 Å². The van der Waals surface area contributed by atoms with Gasteiger partial charge in [0.1, 0.15) is 5.75 Å². The molecule has 1 fully saturated rings. The van der Waals surface area contributed by atoms with Gasteiger partial charge in [-0.25, -0.2) is 0 Å². The Labute approximate surface area is 127 Å². The molecule has 1 saturated heterocycles. The number of imide groups is 1. The quantitative estimate of drug-likeness (QED) is 0.486. The Kier molecular flexibility index (Phi) is 4.80. The molecule has 0 N–H and O–H groups in total. The number of nitrogens with zero attached hydrogens (tertiary/aromatic N) is 1. The highest BCUT2D eigenvalue weighted by molar-refractivity contribution is 8.18. The lowest BCUT2D eigenvalue weighted by Gasteiger charge is -2.09. The number of rotatable bonds is 4. The van der Waals surface area contributed by atoms with Crippen molar-refractivity contribution in [2.75, 3.05) is 6.54 Å². The number of esters is 1. The van der Waals surface area contributed by atoms with Crippen LogP contribution in [0.1, 0.15) is 25.8 Å². The van der Waals surface area contributed by atoms with Gasteiger partial charge in [0.05, 0.1) is 4.91 Å². The molecule has 0 saturated carbocycles. The summed E-state index contributed by atoms with van der Waals surface area (Å²) in [5.74, 6) is -0.196. The van der Waals surface area contributed by atoms with Crippen molar-refractivity contribution >= 4 is 35.0 Å². The standard InChI is InChI=1S/C15H15NO4S/c1-3-8-16-14(18)13(21-15(16)19)9-11-4-6-12(7-5-11)20-10(2)17/h4-7,9H,3,8H2,1-2H3/b13-9+. The molecule has 5 nitrogen and oxygen atoms in total. The highest BCUT2D eigenvalue weighted by Crippen LogP contribution is 2.32. The number of ether oxygens (including phenoxy) is 1. The summed E-state index contributed by atoms with van der Waals surface area (Å²) in [6, 6.07) is 6.74. The first-order valence-corrected chi connectivity index (χ1v) is 7.36. The zero-order valence-electron chi connectivity index (χ0n) is 11.8. The molecule has 0 atom stereocenters. The van der Waals surface area contributed by atoms with Crippen molar-refractivity contribution in [1.82, 2.24) is 4.90 Å². The van der Waals surface area contributed by atoms with E-state index in [2.05, 4.69) is 0 Å². The molecule has 2 amide bonds. The van der Waals surface area contributed by atoms with Gasteiger partial charge in [0, 0.05) is 13.5 Å². The maximum Gasteiger partial charge on any atom is 0.308 e. The summed E-state index contributed by atoms with van der Waals surface area (Å²) in [5, 5.41) is -0.232. The topological polar surface area (TPSA) is 63.7 Å². The second kappa shape index (κ2) is 6.58. The highest BCUT2D eigenvalue weighted by Gasteiger charge is 2.34. The van der Waals surface area contributed by atoms with Crippen LogP contribution in [0.5, 0.6) is 5.75 Å². The number of hydrogen-bond donors (Lipinski definition) is 0. The van der Waals surface area contributed by atoms with E-state index in [1.165, 1.54) is 11.8 Å². The summed E-state index contributed by atoms with van der Waals surface area (Å²) in [5.41, 5.74) is 0.771. The summed E-state index contributed by atoms with van der Waals surface area (Å²) in [4.78, 5) is 36.3. The van der Waals surface area contributed by atoms with Crippen molar-refractivity contribution in [2.24, 2.45) is 0 Å². The fraction of sp³-hybridized carbons (Fsp3) is 0.267. The van der Waals surface area contributed by atoms with E-state index >= 15 is 0 Å². The molecule has 1 aliphatic heterocycles. The number of benzene rings is 1. The number of hydrogen-bond acceptors (Lipinski definition) is 5. The first-order valence-electron chi connectivity index (χ1n) is 6.55. The lowest BCUT2D eigenvalue weighted by Crippen LogP contribution is -2.28. The molecule has 6 heteroatoms. The van der Waals surface area contributed by atoms with Gasteiger partial charge in [-0.3, -0.25) is 19.3 Å². The summed E-state index contributed by atoms with van der Waals surface area (Å²) < 4.78 is 4.93. The van der Waals surface area contributed by atoms with E-state index in [1.54, 1.807) is 30.3 Å². The van der Waals surface area contributed by atoms with Gasteiger partial charge in [-0.05, 0) is 42.0 Å². The van der Waals surface area contributed by atoms with Gasteiger partial charge in [0.15, 0.2) is 0 Å². The van der Waals surface area contributed by atoms with E-state index in [9.17, 15) is 14.4 Å². The van der Waals surface area contributed by atoms with Crippen LogP contribution < -0.4 is 4.74 Å². The predicted octanol–water partition coefficient (Wildman–Crippen LogP) is 3.06. The first-order chi connectivity index (χ1) is 10.0. The van der Waals surface area contributed by atoms with E-state index in [1.807, 2.05) is 6.92 Å². The monoisotopic (exact) mass is 305 g/mol. The molecule has 0 spiro atoms. The molecule has 1 aromatic rings. The maximum atomic E-state index is 12.1. The predicted molar refractivity (Wildman–Crippen MR) is 80.7 cm³/mol. The van der Waals surface area contributed by atoms with Crippen LogP contribution in [0.15, 0.2) is 29.2 Å². The Hall–Kier alpha value is -2.08. The largest absolute Gasteiger partial charge is 0.427 e. The lowest BCUT2D eigenvalue weighted by molar-refractivity contribution is -0.131. The Morgan fingerprint density at radius 3 is 2.52 bits per heavy atom. The SMILES string of the molecule is CCCN1C(=O)S/C(=C/c2ccc(OC(C)=O)cc2)C1=O. The Morgan fingerprint density at radius 1 is 1.29 bits per heavy atom. The second-order valence-electron chi connectivity index (χ2n) is 4.50. The molecule has 110 valence electrons. The van der Waals surface area contributed by atoms with E-state index < -0.39 is 0 Å².